The minimum atomic E-state index is -0.552. The van der Waals surface area contributed by atoms with E-state index in [4.69, 9.17) is 11.6 Å². The van der Waals surface area contributed by atoms with Crippen molar-refractivity contribution in [3.8, 4) is 6.07 Å². The van der Waals surface area contributed by atoms with Crippen molar-refractivity contribution in [3.05, 3.63) is 105 Å². The van der Waals surface area contributed by atoms with Gasteiger partial charge in [-0.25, -0.2) is 0 Å². The summed E-state index contributed by atoms with van der Waals surface area (Å²) in [6.45, 7) is 3.85. The maximum atomic E-state index is 13.6. The summed E-state index contributed by atoms with van der Waals surface area (Å²) >= 11 is 7.37. The summed E-state index contributed by atoms with van der Waals surface area (Å²) in [4.78, 5) is 28.2. The molecule has 4 rings (SSSR count). The molecule has 0 aliphatic carbocycles. The molecule has 3 aromatic rings. The van der Waals surface area contributed by atoms with Gasteiger partial charge in [0, 0.05) is 10.7 Å². The van der Waals surface area contributed by atoms with E-state index in [2.05, 4.69) is 5.32 Å². The molecule has 1 aliphatic heterocycles. The molecule has 5 nitrogen and oxygen atoms in total. The van der Waals surface area contributed by atoms with E-state index in [0.29, 0.717) is 27.8 Å². The Bertz CT molecular complexity index is 1330. The Balaban J connectivity index is 1.74. The zero-order chi connectivity index (χ0) is 24.2. The van der Waals surface area contributed by atoms with Crippen molar-refractivity contribution in [2.75, 3.05) is 10.2 Å². The molecular weight excluding hydrogens is 466 g/mol. The summed E-state index contributed by atoms with van der Waals surface area (Å²) in [7, 11) is 0. The van der Waals surface area contributed by atoms with E-state index >= 15 is 0 Å². The lowest BCUT2D eigenvalue weighted by molar-refractivity contribution is -0.117. The number of nitrogens with zero attached hydrogens (tertiary/aromatic N) is 2. The second-order valence-corrected chi connectivity index (χ2v) is 9.64. The summed E-state index contributed by atoms with van der Waals surface area (Å²) in [6, 6.07) is 24.1. The molecule has 3 aromatic carbocycles. The highest BCUT2D eigenvalue weighted by atomic mass is 35.5. The van der Waals surface area contributed by atoms with Crippen molar-refractivity contribution in [1.82, 2.24) is 0 Å². The topological polar surface area (TPSA) is 73.2 Å². The van der Waals surface area contributed by atoms with Crippen molar-refractivity contribution < 1.29 is 9.59 Å². The fourth-order valence-electron chi connectivity index (χ4n) is 3.73. The summed E-state index contributed by atoms with van der Waals surface area (Å²) in [5.41, 5.74) is 3.97. The predicted molar refractivity (Wildman–Crippen MR) is 138 cm³/mol. The van der Waals surface area contributed by atoms with Gasteiger partial charge in [0.25, 0.3) is 5.91 Å². The molecule has 34 heavy (non-hydrogen) atoms. The molecule has 1 unspecified atom stereocenters. The standard InChI is InChI=1S/C27H22ClN3O2S/c1-17-10-12-21(13-11-17)30-25(32)22(16-29)27-31(23-9-4-3-6-18(23)2)26(33)24(34-27)15-19-7-5-8-20(28)14-19/h3-14,24H,15H2,1-2H3,(H,30,32)/b27-22-. The normalized spacial score (nSPS) is 16.8. The fourth-order valence-corrected chi connectivity index (χ4v) is 5.24. The highest BCUT2D eigenvalue weighted by molar-refractivity contribution is 8.05. The molecule has 1 fully saturated rings. The van der Waals surface area contributed by atoms with Crippen LogP contribution in [0.5, 0.6) is 0 Å². The maximum absolute atomic E-state index is 13.6. The molecule has 2 amide bonds. The largest absolute Gasteiger partial charge is 0.321 e. The van der Waals surface area contributed by atoms with Crippen LogP contribution in [0.1, 0.15) is 16.7 Å². The maximum Gasteiger partial charge on any atom is 0.269 e. The van der Waals surface area contributed by atoms with Gasteiger partial charge in [0.2, 0.25) is 5.91 Å². The summed E-state index contributed by atoms with van der Waals surface area (Å²) in [6.07, 6.45) is 0.425. The van der Waals surface area contributed by atoms with Gasteiger partial charge in [-0.2, -0.15) is 5.26 Å². The molecule has 1 aliphatic rings. The molecule has 0 saturated carbocycles. The first kappa shape index (κ1) is 23.6. The SMILES string of the molecule is Cc1ccc(NC(=O)/C(C#N)=C2\SC(Cc3cccc(Cl)c3)C(=O)N2c2ccccc2C)cc1. The number of para-hydroxylation sites is 1. The summed E-state index contributed by atoms with van der Waals surface area (Å²) in [5.74, 6) is -0.728. The Labute approximate surface area is 208 Å². The van der Waals surface area contributed by atoms with Gasteiger partial charge in [-0.3, -0.25) is 14.5 Å². The van der Waals surface area contributed by atoms with Crippen LogP contribution in [-0.4, -0.2) is 17.1 Å². The fraction of sp³-hybridized carbons (Fsp3) is 0.148. The zero-order valence-corrected chi connectivity index (χ0v) is 20.3. The molecule has 1 heterocycles. The molecule has 0 radical (unpaired) electrons. The van der Waals surface area contributed by atoms with Gasteiger partial charge >= 0.3 is 0 Å². The lowest BCUT2D eigenvalue weighted by atomic mass is 10.1. The minimum absolute atomic E-state index is 0.101. The number of rotatable bonds is 5. The quantitative estimate of drug-likeness (QED) is 0.352. The highest BCUT2D eigenvalue weighted by Crippen LogP contribution is 2.43. The Kier molecular flexibility index (Phi) is 7.06. The molecule has 1 atom stereocenters. The van der Waals surface area contributed by atoms with Crippen molar-refractivity contribution in [2.45, 2.75) is 25.5 Å². The number of benzene rings is 3. The second kappa shape index (κ2) is 10.2. The van der Waals surface area contributed by atoms with Gasteiger partial charge in [-0.15, -0.1) is 0 Å². The van der Waals surface area contributed by atoms with Gasteiger partial charge in [-0.05, 0) is 61.7 Å². The Morgan fingerprint density at radius 2 is 1.82 bits per heavy atom. The third-order valence-corrected chi connectivity index (χ3v) is 6.98. The van der Waals surface area contributed by atoms with Crippen LogP contribution in [0.2, 0.25) is 5.02 Å². The van der Waals surface area contributed by atoms with E-state index in [1.165, 1.54) is 16.7 Å². The van der Waals surface area contributed by atoms with Crippen molar-refractivity contribution in [3.63, 3.8) is 0 Å². The lowest BCUT2D eigenvalue weighted by Crippen LogP contribution is -2.31. The number of nitrogens with one attached hydrogen (secondary N) is 1. The van der Waals surface area contributed by atoms with Crippen LogP contribution in [0.25, 0.3) is 0 Å². The van der Waals surface area contributed by atoms with Gasteiger partial charge in [0.05, 0.1) is 10.9 Å². The Morgan fingerprint density at radius 1 is 1.09 bits per heavy atom. The molecular formula is C27H22ClN3O2S. The van der Waals surface area contributed by atoms with Crippen LogP contribution in [-0.2, 0) is 16.0 Å². The third-order valence-electron chi connectivity index (χ3n) is 5.48. The average Bonchev–Trinajstić information content (AvgIpc) is 3.11. The molecule has 170 valence electrons. The van der Waals surface area contributed by atoms with Crippen LogP contribution >= 0.6 is 23.4 Å². The average molecular weight is 488 g/mol. The van der Waals surface area contributed by atoms with Crippen LogP contribution in [0.15, 0.2) is 83.4 Å². The van der Waals surface area contributed by atoms with Crippen molar-refractivity contribution in [1.29, 1.82) is 5.26 Å². The van der Waals surface area contributed by atoms with Crippen molar-refractivity contribution >= 4 is 46.6 Å². The number of halogens is 1. The second-order valence-electron chi connectivity index (χ2n) is 8.01. The molecule has 1 N–H and O–H groups in total. The number of hydrogen-bond donors (Lipinski definition) is 1. The molecule has 1 saturated heterocycles. The number of anilines is 2. The zero-order valence-electron chi connectivity index (χ0n) is 18.7. The summed E-state index contributed by atoms with van der Waals surface area (Å²) in [5, 5.41) is 13.2. The van der Waals surface area contributed by atoms with E-state index in [9.17, 15) is 14.9 Å². The number of amides is 2. The van der Waals surface area contributed by atoms with Crippen LogP contribution in [0, 0.1) is 25.2 Å². The van der Waals surface area contributed by atoms with Crippen molar-refractivity contribution in [2.24, 2.45) is 0 Å². The monoisotopic (exact) mass is 487 g/mol. The summed E-state index contributed by atoms with van der Waals surface area (Å²) < 4.78 is 0. The van der Waals surface area contributed by atoms with Gasteiger partial charge in [-0.1, -0.05) is 71.4 Å². The smallest absolute Gasteiger partial charge is 0.269 e. The molecule has 7 heteroatoms. The first-order valence-electron chi connectivity index (χ1n) is 10.7. The molecule has 0 spiro atoms. The van der Waals surface area contributed by atoms with Crippen LogP contribution in [0.4, 0.5) is 11.4 Å². The van der Waals surface area contributed by atoms with E-state index in [1.807, 2.05) is 74.5 Å². The first-order valence-corrected chi connectivity index (χ1v) is 12.0. The van der Waals surface area contributed by atoms with E-state index in [1.54, 1.807) is 18.2 Å². The number of carbonyl (C=O) groups is 2. The number of thioether (sulfide) groups is 1. The van der Waals surface area contributed by atoms with E-state index in [-0.39, 0.29) is 11.5 Å². The lowest BCUT2D eigenvalue weighted by Gasteiger charge is -2.20. The minimum Gasteiger partial charge on any atom is -0.321 e. The Morgan fingerprint density at radius 3 is 2.50 bits per heavy atom. The van der Waals surface area contributed by atoms with E-state index in [0.717, 1.165) is 16.7 Å². The number of nitriles is 1. The number of carbonyl (C=O) groups excluding carboxylic acids is 2. The number of hydrogen-bond acceptors (Lipinski definition) is 4. The predicted octanol–water partition coefficient (Wildman–Crippen LogP) is 6.02. The highest BCUT2D eigenvalue weighted by Gasteiger charge is 2.41. The van der Waals surface area contributed by atoms with Crippen LogP contribution < -0.4 is 10.2 Å². The van der Waals surface area contributed by atoms with E-state index < -0.39 is 11.2 Å². The van der Waals surface area contributed by atoms with Gasteiger partial charge in [0.1, 0.15) is 16.7 Å². The molecule has 0 bridgehead atoms. The molecule has 0 aromatic heterocycles. The van der Waals surface area contributed by atoms with Crippen LogP contribution in [0.3, 0.4) is 0 Å². The van der Waals surface area contributed by atoms with Gasteiger partial charge < -0.3 is 5.32 Å². The first-order chi connectivity index (χ1) is 16.4. The van der Waals surface area contributed by atoms with Gasteiger partial charge in [0.15, 0.2) is 0 Å². The third kappa shape index (κ3) is 5.01. The number of aryl methyl sites for hydroxylation is 2. The Hall–Kier alpha value is -3.53.